The fraction of sp³-hybridized carbons (Fsp3) is 0.400. The molecule has 0 radical (unpaired) electrons. The van der Waals surface area contributed by atoms with E-state index in [0.717, 1.165) is 29.7 Å². The molecular formula is C20H25N7O2S. The highest BCUT2D eigenvalue weighted by Gasteiger charge is 2.44. The van der Waals surface area contributed by atoms with Gasteiger partial charge in [0.2, 0.25) is 16.0 Å². The Kier molecular flexibility index (Phi) is 4.46. The molecule has 0 bridgehead atoms. The monoisotopic (exact) mass is 427 g/mol. The highest BCUT2D eigenvalue weighted by atomic mass is 32.2. The zero-order valence-corrected chi connectivity index (χ0v) is 17.5. The summed E-state index contributed by atoms with van der Waals surface area (Å²) < 4.78 is 25.2. The predicted molar refractivity (Wildman–Crippen MR) is 116 cm³/mol. The highest BCUT2D eigenvalue weighted by molar-refractivity contribution is 7.89. The predicted octanol–water partition coefficient (Wildman–Crippen LogP) is 2.80. The number of primary sulfonamides is 1. The molecule has 1 saturated carbocycles. The quantitative estimate of drug-likeness (QED) is 0.506. The number of nitrogens with zero attached hydrogens (tertiary/aromatic N) is 3. The van der Waals surface area contributed by atoms with E-state index in [4.69, 9.17) is 10.1 Å². The van der Waals surface area contributed by atoms with Gasteiger partial charge in [0.1, 0.15) is 11.5 Å². The van der Waals surface area contributed by atoms with Gasteiger partial charge in [0, 0.05) is 23.3 Å². The lowest BCUT2D eigenvalue weighted by Gasteiger charge is -2.48. The first-order chi connectivity index (χ1) is 14.4. The maximum absolute atomic E-state index is 11.4. The maximum atomic E-state index is 11.4. The first kappa shape index (κ1) is 19.3. The molecule has 9 nitrogen and oxygen atoms in total. The minimum absolute atomic E-state index is 0.0106. The molecule has 1 aromatic carbocycles. The van der Waals surface area contributed by atoms with E-state index >= 15 is 0 Å². The Morgan fingerprint density at radius 2 is 1.93 bits per heavy atom. The van der Waals surface area contributed by atoms with Gasteiger partial charge in [-0.3, -0.25) is 0 Å². The standard InChI is InChI=1S/C20H25N7O2S/c1-13-20(9-3-2-4-10-20)27-17(26-25-13)11-14-12-22-19(24-18(14)27)23-15-5-7-16(8-6-15)30(21,28)29/h5-8,11-13,25-26H,2-4,9-10H2,1H3,(H2,21,28,29)(H,22,23,24). The lowest BCUT2D eigenvalue weighted by molar-refractivity contribution is 0.137. The van der Waals surface area contributed by atoms with E-state index in [0.29, 0.717) is 11.6 Å². The van der Waals surface area contributed by atoms with Gasteiger partial charge in [-0.15, -0.1) is 0 Å². The summed E-state index contributed by atoms with van der Waals surface area (Å²) in [7, 11) is -3.72. The van der Waals surface area contributed by atoms with Gasteiger partial charge >= 0.3 is 0 Å². The Balaban J connectivity index is 1.53. The number of fused-ring (bicyclic) bond motifs is 4. The van der Waals surface area contributed by atoms with E-state index in [1.54, 1.807) is 12.1 Å². The zero-order chi connectivity index (χ0) is 20.9. The molecule has 1 unspecified atom stereocenters. The van der Waals surface area contributed by atoms with E-state index < -0.39 is 10.0 Å². The third-order valence-electron chi connectivity index (χ3n) is 6.37. The first-order valence-electron chi connectivity index (χ1n) is 10.2. The van der Waals surface area contributed by atoms with Crippen molar-refractivity contribution in [2.75, 3.05) is 10.7 Å². The second-order valence-electron chi connectivity index (χ2n) is 8.19. The van der Waals surface area contributed by atoms with Crippen molar-refractivity contribution < 1.29 is 8.42 Å². The van der Waals surface area contributed by atoms with Crippen LogP contribution in [0.4, 0.5) is 17.5 Å². The van der Waals surface area contributed by atoms with Crippen molar-refractivity contribution >= 4 is 38.5 Å². The minimum atomic E-state index is -3.72. The van der Waals surface area contributed by atoms with Crippen LogP contribution < -0.4 is 21.3 Å². The van der Waals surface area contributed by atoms with Crippen LogP contribution >= 0.6 is 0 Å². The van der Waals surface area contributed by atoms with Crippen LogP contribution in [0.5, 0.6) is 0 Å². The Hall–Kier alpha value is -2.69. The topological polar surface area (TPSA) is 127 Å². The lowest BCUT2D eigenvalue weighted by Crippen LogP contribution is -2.57. The summed E-state index contributed by atoms with van der Waals surface area (Å²) in [6.45, 7) is 2.22. The number of nitrogens with two attached hydrogens (primary N) is 1. The van der Waals surface area contributed by atoms with Crippen molar-refractivity contribution in [3.63, 3.8) is 0 Å². The first-order valence-corrected chi connectivity index (χ1v) is 11.7. The van der Waals surface area contributed by atoms with Crippen LogP contribution in [-0.4, -0.2) is 29.0 Å². The summed E-state index contributed by atoms with van der Waals surface area (Å²) in [6.07, 6.45) is 7.72. The smallest absolute Gasteiger partial charge is 0.238 e. The SMILES string of the molecule is CC1NNc2cc3cnc(Nc4ccc(S(N)(=O)=O)cc4)nc3n2C12CCCCC2. The molecule has 1 spiro atoms. The minimum Gasteiger partial charge on any atom is -0.324 e. The van der Waals surface area contributed by atoms with Crippen molar-refractivity contribution in [3.8, 4) is 0 Å². The summed E-state index contributed by atoms with van der Waals surface area (Å²) in [4.78, 5) is 9.34. The molecule has 5 rings (SSSR count). The van der Waals surface area contributed by atoms with Crippen LogP contribution in [0, 0.1) is 0 Å². The van der Waals surface area contributed by atoms with Gasteiger partial charge in [0.15, 0.2) is 0 Å². The van der Waals surface area contributed by atoms with Crippen LogP contribution in [0.2, 0.25) is 0 Å². The average molecular weight is 428 g/mol. The zero-order valence-electron chi connectivity index (χ0n) is 16.7. The van der Waals surface area contributed by atoms with E-state index in [-0.39, 0.29) is 16.5 Å². The van der Waals surface area contributed by atoms with E-state index in [1.165, 1.54) is 31.4 Å². The van der Waals surface area contributed by atoms with Crippen LogP contribution in [0.3, 0.4) is 0 Å². The number of hydrogen-bond acceptors (Lipinski definition) is 7. The van der Waals surface area contributed by atoms with E-state index in [2.05, 4.69) is 38.7 Å². The molecule has 3 aromatic rings. The number of aromatic nitrogens is 3. The molecule has 10 heteroatoms. The third-order valence-corrected chi connectivity index (χ3v) is 7.30. The van der Waals surface area contributed by atoms with E-state index in [9.17, 15) is 8.42 Å². The number of benzene rings is 1. The van der Waals surface area contributed by atoms with Crippen molar-refractivity contribution in [2.45, 2.75) is 55.5 Å². The highest BCUT2D eigenvalue weighted by Crippen LogP contribution is 2.44. The average Bonchev–Trinajstić information content (AvgIpc) is 3.10. The number of rotatable bonds is 3. The summed E-state index contributed by atoms with van der Waals surface area (Å²) in [6, 6.07) is 8.58. The second kappa shape index (κ2) is 6.93. The molecular weight excluding hydrogens is 402 g/mol. The molecule has 1 fully saturated rings. The van der Waals surface area contributed by atoms with Gasteiger partial charge in [-0.05, 0) is 50.1 Å². The van der Waals surface area contributed by atoms with Gasteiger partial charge in [0.25, 0.3) is 0 Å². The maximum Gasteiger partial charge on any atom is 0.238 e. The summed E-state index contributed by atoms with van der Waals surface area (Å²) in [5.41, 5.74) is 8.33. The Morgan fingerprint density at radius 1 is 1.20 bits per heavy atom. The fourth-order valence-electron chi connectivity index (χ4n) is 4.78. The second-order valence-corrected chi connectivity index (χ2v) is 9.75. The van der Waals surface area contributed by atoms with Crippen LogP contribution in [-0.2, 0) is 15.6 Å². The van der Waals surface area contributed by atoms with Crippen molar-refractivity contribution in [1.82, 2.24) is 20.0 Å². The van der Waals surface area contributed by atoms with Crippen molar-refractivity contribution in [3.05, 3.63) is 36.5 Å². The van der Waals surface area contributed by atoms with Crippen LogP contribution in [0.25, 0.3) is 11.0 Å². The van der Waals surface area contributed by atoms with Gasteiger partial charge in [-0.2, -0.15) is 4.98 Å². The molecule has 158 valence electrons. The fourth-order valence-corrected chi connectivity index (χ4v) is 5.30. The summed E-state index contributed by atoms with van der Waals surface area (Å²) in [5, 5.41) is 9.31. The number of anilines is 3. The molecule has 1 atom stereocenters. The summed E-state index contributed by atoms with van der Waals surface area (Å²) in [5.74, 6) is 1.47. The molecule has 30 heavy (non-hydrogen) atoms. The summed E-state index contributed by atoms with van der Waals surface area (Å²) >= 11 is 0. The van der Waals surface area contributed by atoms with Gasteiger partial charge in [-0.25, -0.2) is 24.0 Å². The molecule has 1 aliphatic carbocycles. The molecule has 2 aliphatic rings. The van der Waals surface area contributed by atoms with Crippen LogP contribution in [0.1, 0.15) is 39.0 Å². The molecule has 3 heterocycles. The van der Waals surface area contributed by atoms with Gasteiger partial charge in [0.05, 0.1) is 10.4 Å². The van der Waals surface area contributed by atoms with Crippen molar-refractivity contribution in [2.24, 2.45) is 5.14 Å². The number of sulfonamides is 1. The normalized spacial score (nSPS) is 20.7. The van der Waals surface area contributed by atoms with Crippen LogP contribution in [0.15, 0.2) is 41.4 Å². The molecule has 0 saturated heterocycles. The molecule has 0 amide bonds. The van der Waals surface area contributed by atoms with E-state index in [1.807, 2.05) is 6.20 Å². The number of hydrazine groups is 1. The number of hydrogen-bond donors (Lipinski definition) is 4. The Bertz CT molecular complexity index is 1200. The largest absolute Gasteiger partial charge is 0.324 e. The molecule has 5 N–H and O–H groups in total. The third kappa shape index (κ3) is 3.11. The lowest BCUT2D eigenvalue weighted by atomic mass is 9.76. The Morgan fingerprint density at radius 3 is 2.63 bits per heavy atom. The molecule has 2 aromatic heterocycles. The Labute approximate surface area is 175 Å². The molecule has 1 aliphatic heterocycles. The van der Waals surface area contributed by atoms with Crippen molar-refractivity contribution in [1.29, 1.82) is 0 Å². The number of nitrogens with one attached hydrogen (secondary N) is 3. The van der Waals surface area contributed by atoms with Gasteiger partial charge in [-0.1, -0.05) is 19.3 Å². The van der Waals surface area contributed by atoms with Gasteiger partial charge < -0.3 is 15.3 Å².